The zero-order chi connectivity index (χ0) is 30.4. The summed E-state index contributed by atoms with van der Waals surface area (Å²) in [7, 11) is -1.62. The van der Waals surface area contributed by atoms with Crippen molar-refractivity contribution in [2.75, 3.05) is 46.3 Å². The monoisotopic (exact) mass is 629 g/mol. The van der Waals surface area contributed by atoms with E-state index in [1.165, 1.54) is 0 Å². The van der Waals surface area contributed by atoms with E-state index in [2.05, 4.69) is 21.8 Å². The normalized spacial score (nSPS) is 23.6. The van der Waals surface area contributed by atoms with Crippen LogP contribution in [0.25, 0.3) is 21.9 Å². The Morgan fingerprint density at radius 1 is 0.773 bits per heavy atom. The quantitative estimate of drug-likeness (QED) is 0.314. The maximum atomic E-state index is 14.1. The third-order valence-corrected chi connectivity index (χ3v) is 11.6. The van der Waals surface area contributed by atoms with E-state index in [4.69, 9.17) is 11.6 Å². The molecule has 3 fully saturated rings. The second-order valence-corrected chi connectivity index (χ2v) is 14.6. The molecule has 0 radical (unpaired) electrons. The van der Waals surface area contributed by atoms with Gasteiger partial charge in [0.05, 0.1) is 4.90 Å². The number of piperidine rings is 1. The minimum absolute atomic E-state index is 0.0299. The summed E-state index contributed by atoms with van der Waals surface area (Å²) >= 11 is 6.15. The largest absolute Gasteiger partial charge is 0.330 e. The molecule has 3 saturated heterocycles. The van der Waals surface area contributed by atoms with Crippen molar-refractivity contribution in [1.29, 1.82) is 0 Å². The number of nitrogens with zero attached hydrogens (tertiary/aromatic N) is 5. The standard InChI is InChI=1S/C34H36ClN5O3S/c1-37-14-16-38(17-15-37)30-20-31-22-39(44(42,43)33-9-7-27-18-29(35)8-6-28(27)19-33)23-32(21-30)40(31)34(41)26-4-2-24(3-5-26)25-10-12-36-13-11-25/h2-13,18-19,30-32H,14-17,20-23H2,1H3. The van der Waals surface area contributed by atoms with Gasteiger partial charge in [-0.2, -0.15) is 4.31 Å². The van der Waals surface area contributed by atoms with E-state index in [-0.39, 0.29) is 36.0 Å². The number of benzene rings is 3. The van der Waals surface area contributed by atoms with Gasteiger partial charge in [0.1, 0.15) is 0 Å². The Hall–Kier alpha value is -3.34. The second kappa shape index (κ2) is 11.9. The summed E-state index contributed by atoms with van der Waals surface area (Å²) in [5.41, 5.74) is 2.69. The van der Waals surface area contributed by atoms with Crippen LogP contribution >= 0.6 is 11.6 Å². The highest BCUT2D eigenvalue weighted by atomic mass is 35.5. The molecule has 8 nitrogen and oxygen atoms in total. The average Bonchev–Trinajstić information content (AvgIpc) is 3.04. The third kappa shape index (κ3) is 5.63. The van der Waals surface area contributed by atoms with Crippen molar-refractivity contribution < 1.29 is 13.2 Å². The number of carbonyl (C=O) groups excluding carboxylic acids is 1. The molecule has 2 bridgehead atoms. The molecule has 0 saturated carbocycles. The molecule has 10 heteroatoms. The smallest absolute Gasteiger partial charge is 0.254 e. The lowest BCUT2D eigenvalue weighted by Crippen LogP contribution is -2.67. The fourth-order valence-electron chi connectivity index (χ4n) is 7.14. The molecule has 0 N–H and O–H groups in total. The number of hydrogen-bond acceptors (Lipinski definition) is 6. The molecular formula is C34H36ClN5O3S. The molecule has 3 aromatic carbocycles. The Morgan fingerprint density at radius 3 is 2.07 bits per heavy atom. The first-order chi connectivity index (χ1) is 21.3. The predicted molar refractivity (Wildman–Crippen MR) is 173 cm³/mol. The Labute approximate surface area is 263 Å². The molecule has 1 amide bonds. The fourth-order valence-corrected chi connectivity index (χ4v) is 8.87. The first kappa shape index (κ1) is 29.4. The van der Waals surface area contributed by atoms with Crippen molar-refractivity contribution in [2.24, 2.45) is 0 Å². The Morgan fingerprint density at radius 2 is 1.39 bits per heavy atom. The summed E-state index contributed by atoms with van der Waals surface area (Å²) in [5, 5.41) is 2.34. The van der Waals surface area contributed by atoms with E-state index in [0.29, 0.717) is 16.6 Å². The zero-order valence-electron chi connectivity index (χ0n) is 24.7. The van der Waals surface area contributed by atoms with Crippen LogP contribution < -0.4 is 0 Å². The molecular weight excluding hydrogens is 594 g/mol. The number of amides is 1. The Balaban J connectivity index is 1.16. The van der Waals surface area contributed by atoms with Crippen molar-refractivity contribution >= 4 is 38.3 Å². The van der Waals surface area contributed by atoms with Crippen LogP contribution in [-0.2, 0) is 10.0 Å². The number of piperazine rings is 2. The molecule has 2 unspecified atom stereocenters. The highest BCUT2D eigenvalue weighted by Crippen LogP contribution is 2.36. The molecule has 1 aromatic heterocycles. The summed E-state index contributed by atoms with van der Waals surface area (Å²) in [6.07, 6.45) is 5.02. The highest BCUT2D eigenvalue weighted by molar-refractivity contribution is 7.89. The Bertz CT molecular complexity index is 1760. The molecule has 4 heterocycles. The van der Waals surface area contributed by atoms with Crippen LogP contribution in [0.5, 0.6) is 0 Å². The van der Waals surface area contributed by atoms with Gasteiger partial charge in [-0.05, 0) is 90.3 Å². The minimum atomic E-state index is -3.77. The van der Waals surface area contributed by atoms with Gasteiger partial charge in [-0.25, -0.2) is 8.42 Å². The van der Waals surface area contributed by atoms with Crippen molar-refractivity contribution in [2.45, 2.75) is 35.9 Å². The summed E-state index contributed by atoms with van der Waals surface area (Å²) in [4.78, 5) is 25.3. The molecule has 3 aliphatic rings. The molecule has 0 aliphatic carbocycles. The average molecular weight is 630 g/mol. The van der Waals surface area contributed by atoms with Gasteiger partial charge in [-0.15, -0.1) is 0 Å². The molecule has 4 aromatic rings. The lowest BCUT2D eigenvalue weighted by atomic mass is 9.86. The molecule has 44 heavy (non-hydrogen) atoms. The number of likely N-dealkylation sites (N-methyl/N-ethyl adjacent to an activating group) is 1. The van der Waals surface area contributed by atoms with Crippen LogP contribution in [0.3, 0.4) is 0 Å². The highest BCUT2D eigenvalue weighted by Gasteiger charge is 2.48. The lowest BCUT2D eigenvalue weighted by Gasteiger charge is -2.54. The topological polar surface area (TPSA) is 77.1 Å². The van der Waals surface area contributed by atoms with Crippen molar-refractivity contribution in [3.63, 3.8) is 0 Å². The number of sulfonamides is 1. The van der Waals surface area contributed by atoms with Gasteiger partial charge in [0.2, 0.25) is 10.0 Å². The van der Waals surface area contributed by atoms with Crippen LogP contribution in [0.2, 0.25) is 5.02 Å². The molecule has 3 aliphatic heterocycles. The lowest BCUT2D eigenvalue weighted by molar-refractivity contribution is -0.0188. The van der Waals surface area contributed by atoms with E-state index in [1.54, 1.807) is 34.9 Å². The minimum Gasteiger partial charge on any atom is -0.330 e. The fraction of sp³-hybridized carbons (Fsp3) is 0.353. The van der Waals surface area contributed by atoms with Crippen LogP contribution in [-0.4, -0.2) is 103 Å². The van der Waals surface area contributed by atoms with Gasteiger partial charge < -0.3 is 9.80 Å². The maximum Gasteiger partial charge on any atom is 0.254 e. The van der Waals surface area contributed by atoms with E-state index < -0.39 is 10.0 Å². The van der Waals surface area contributed by atoms with Crippen molar-refractivity contribution in [3.8, 4) is 11.1 Å². The van der Waals surface area contributed by atoms with Gasteiger partial charge in [0.25, 0.3) is 5.91 Å². The molecule has 228 valence electrons. The van der Waals surface area contributed by atoms with E-state index in [9.17, 15) is 13.2 Å². The number of carbonyl (C=O) groups is 1. The number of hydrogen-bond donors (Lipinski definition) is 0. The van der Waals surface area contributed by atoms with Gasteiger partial charge in [-0.3, -0.25) is 14.7 Å². The number of rotatable bonds is 5. The first-order valence-corrected chi connectivity index (χ1v) is 17.0. The van der Waals surface area contributed by atoms with Crippen molar-refractivity contribution in [3.05, 3.63) is 95.8 Å². The second-order valence-electron chi connectivity index (χ2n) is 12.3. The van der Waals surface area contributed by atoms with Gasteiger partial charge in [0.15, 0.2) is 0 Å². The van der Waals surface area contributed by atoms with Crippen LogP contribution in [0.4, 0.5) is 0 Å². The van der Waals surface area contributed by atoms with Crippen LogP contribution in [0.15, 0.2) is 90.1 Å². The first-order valence-electron chi connectivity index (χ1n) is 15.2. The van der Waals surface area contributed by atoms with Gasteiger partial charge in [0, 0.05) is 80.4 Å². The third-order valence-electron chi connectivity index (χ3n) is 9.55. The van der Waals surface area contributed by atoms with Crippen molar-refractivity contribution in [1.82, 2.24) is 24.0 Å². The molecule has 0 spiro atoms. The number of halogens is 1. The Kier molecular flexibility index (Phi) is 7.93. The maximum absolute atomic E-state index is 14.1. The number of fused-ring (bicyclic) bond motifs is 3. The predicted octanol–water partition coefficient (Wildman–Crippen LogP) is 4.85. The SMILES string of the molecule is CN1CCN(C2CC3CN(S(=O)(=O)c4ccc5cc(Cl)ccc5c4)CC(C2)N3C(=O)c2ccc(-c3ccncc3)cc2)CC1. The molecule has 7 rings (SSSR count). The summed E-state index contributed by atoms with van der Waals surface area (Å²) in [5.74, 6) is -0.0299. The van der Waals surface area contributed by atoms with Crippen LogP contribution in [0.1, 0.15) is 23.2 Å². The van der Waals surface area contributed by atoms with E-state index >= 15 is 0 Å². The number of pyridine rings is 1. The number of aromatic nitrogens is 1. The summed E-state index contributed by atoms with van der Waals surface area (Å²) < 4.78 is 29.7. The van der Waals surface area contributed by atoms with Gasteiger partial charge in [-0.1, -0.05) is 35.9 Å². The van der Waals surface area contributed by atoms with E-state index in [1.807, 2.05) is 59.5 Å². The zero-order valence-corrected chi connectivity index (χ0v) is 26.3. The van der Waals surface area contributed by atoms with E-state index in [0.717, 1.165) is 60.9 Å². The van der Waals surface area contributed by atoms with Crippen LogP contribution in [0, 0.1) is 0 Å². The van der Waals surface area contributed by atoms with Gasteiger partial charge >= 0.3 is 0 Å². The molecule has 2 atom stereocenters. The summed E-state index contributed by atoms with van der Waals surface area (Å²) in [6, 6.07) is 22.2. The summed E-state index contributed by atoms with van der Waals surface area (Å²) in [6.45, 7) is 4.59.